The summed E-state index contributed by atoms with van der Waals surface area (Å²) in [5.41, 5.74) is 0.810. The van der Waals surface area contributed by atoms with Gasteiger partial charge in [-0.05, 0) is 25.8 Å². The van der Waals surface area contributed by atoms with Crippen LogP contribution in [0.1, 0.15) is 37.8 Å². The molecule has 2 unspecified atom stereocenters. The van der Waals surface area contributed by atoms with E-state index in [1.54, 1.807) is 4.90 Å². The summed E-state index contributed by atoms with van der Waals surface area (Å²) in [5.74, 6) is -0.986. The zero-order chi connectivity index (χ0) is 15.0. The molecular formula is C16H19NO4. The molecule has 112 valence electrons. The zero-order valence-electron chi connectivity index (χ0n) is 12.0. The van der Waals surface area contributed by atoms with Gasteiger partial charge in [0.15, 0.2) is 0 Å². The maximum Gasteiger partial charge on any atom is 0.309 e. The summed E-state index contributed by atoms with van der Waals surface area (Å²) in [6.45, 7) is 2.41. The van der Waals surface area contributed by atoms with Crippen LogP contribution in [0.2, 0.25) is 0 Å². The highest BCUT2D eigenvalue weighted by Crippen LogP contribution is 2.47. The molecule has 1 amide bonds. The molecule has 2 fully saturated rings. The number of amides is 1. The van der Waals surface area contributed by atoms with E-state index in [1.165, 1.54) is 0 Å². The molecule has 0 radical (unpaired) electrons. The summed E-state index contributed by atoms with van der Waals surface area (Å²) in [6.07, 6.45) is 2.01. The van der Waals surface area contributed by atoms with Crippen molar-refractivity contribution < 1.29 is 19.4 Å². The second-order valence-corrected chi connectivity index (χ2v) is 5.60. The summed E-state index contributed by atoms with van der Waals surface area (Å²) >= 11 is 0. The number of hydrogen-bond donors (Lipinski definition) is 1. The molecule has 1 saturated carbocycles. The minimum Gasteiger partial charge on any atom is -0.494 e. The van der Waals surface area contributed by atoms with E-state index in [0.717, 1.165) is 18.4 Å². The molecule has 2 aliphatic rings. The van der Waals surface area contributed by atoms with Gasteiger partial charge in [0, 0.05) is 18.0 Å². The van der Waals surface area contributed by atoms with Crippen LogP contribution >= 0.6 is 0 Å². The van der Waals surface area contributed by atoms with Crippen LogP contribution in [0, 0.1) is 5.92 Å². The number of rotatable bonds is 5. The van der Waals surface area contributed by atoms with E-state index < -0.39 is 17.9 Å². The van der Waals surface area contributed by atoms with Gasteiger partial charge < -0.3 is 14.7 Å². The van der Waals surface area contributed by atoms with Crippen molar-refractivity contribution in [3.63, 3.8) is 0 Å². The fourth-order valence-corrected chi connectivity index (χ4v) is 3.14. The Hall–Kier alpha value is -2.04. The first-order valence-corrected chi connectivity index (χ1v) is 7.39. The Kier molecular flexibility index (Phi) is 3.57. The third kappa shape index (κ3) is 2.48. The molecule has 2 atom stereocenters. The molecule has 1 aromatic carbocycles. The van der Waals surface area contributed by atoms with Gasteiger partial charge in [-0.2, -0.15) is 0 Å². The Balaban J connectivity index is 2.02. The topological polar surface area (TPSA) is 66.8 Å². The minimum atomic E-state index is -0.914. The van der Waals surface area contributed by atoms with Gasteiger partial charge in [0.25, 0.3) is 0 Å². The van der Waals surface area contributed by atoms with Crippen LogP contribution in [-0.2, 0) is 9.59 Å². The largest absolute Gasteiger partial charge is 0.494 e. The molecule has 0 bridgehead atoms. The molecule has 1 aromatic rings. The van der Waals surface area contributed by atoms with Gasteiger partial charge in [-0.3, -0.25) is 9.59 Å². The monoisotopic (exact) mass is 289 g/mol. The van der Waals surface area contributed by atoms with Crippen LogP contribution in [0.3, 0.4) is 0 Å². The number of hydrogen-bond acceptors (Lipinski definition) is 3. The van der Waals surface area contributed by atoms with Gasteiger partial charge in [0.05, 0.1) is 18.6 Å². The van der Waals surface area contributed by atoms with Gasteiger partial charge in [-0.15, -0.1) is 0 Å². The van der Waals surface area contributed by atoms with Crippen molar-refractivity contribution >= 4 is 11.9 Å². The van der Waals surface area contributed by atoms with Crippen LogP contribution in [0.4, 0.5) is 0 Å². The molecule has 21 heavy (non-hydrogen) atoms. The third-order valence-electron chi connectivity index (χ3n) is 4.16. The number of carboxylic acids is 1. The molecule has 1 heterocycles. The van der Waals surface area contributed by atoms with Crippen LogP contribution < -0.4 is 4.74 Å². The molecule has 1 saturated heterocycles. The standard InChI is InChI=1S/C16H19NO4/c1-2-21-13-6-4-3-5-11(13)15-12(16(19)20)9-14(18)17(15)10-7-8-10/h3-6,10,12,15H,2,7-9H2,1H3,(H,19,20). The number of para-hydroxylation sites is 1. The molecule has 3 rings (SSSR count). The molecule has 1 aliphatic heterocycles. The lowest BCUT2D eigenvalue weighted by atomic mass is 9.93. The first kappa shape index (κ1) is 13.9. The van der Waals surface area contributed by atoms with Gasteiger partial charge in [-0.1, -0.05) is 18.2 Å². The van der Waals surface area contributed by atoms with Crippen LogP contribution in [0.5, 0.6) is 5.75 Å². The molecule has 1 aliphatic carbocycles. The number of carboxylic acid groups (broad SMARTS) is 1. The van der Waals surface area contributed by atoms with Crippen molar-refractivity contribution in [3.8, 4) is 5.75 Å². The fraction of sp³-hybridized carbons (Fsp3) is 0.500. The SMILES string of the molecule is CCOc1ccccc1C1C(C(=O)O)CC(=O)N1C1CC1. The number of aliphatic carboxylic acids is 1. The molecule has 0 spiro atoms. The first-order chi connectivity index (χ1) is 10.1. The number of nitrogens with zero attached hydrogens (tertiary/aromatic N) is 1. The Morgan fingerprint density at radius 2 is 2.10 bits per heavy atom. The van der Waals surface area contributed by atoms with Crippen LogP contribution in [0.15, 0.2) is 24.3 Å². The first-order valence-electron chi connectivity index (χ1n) is 7.39. The lowest BCUT2D eigenvalue weighted by molar-refractivity contribution is -0.142. The lowest BCUT2D eigenvalue weighted by Gasteiger charge is -2.28. The Morgan fingerprint density at radius 1 is 1.38 bits per heavy atom. The number of ether oxygens (including phenoxy) is 1. The highest BCUT2D eigenvalue weighted by Gasteiger charge is 2.50. The van der Waals surface area contributed by atoms with Crippen molar-refractivity contribution in [1.82, 2.24) is 4.90 Å². The Labute approximate surface area is 123 Å². The van der Waals surface area contributed by atoms with E-state index in [-0.39, 0.29) is 18.4 Å². The van der Waals surface area contributed by atoms with E-state index in [9.17, 15) is 14.7 Å². The fourth-order valence-electron chi connectivity index (χ4n) is 3.14. The van der Waals surface area contributed by atoms with Crippen molar-refractivity contribution in [2.75, 3.05) is 6.61 Å². The molecule has 0 aromatic heterocycles. The van der Waals surface area contributed by atoms with Gasteiger partial charge in [0.1, 0.15) is 5.75 Å². The average molecular weight is 289 g/mol. The average Bonchev–Trinajstić information content (AvgIpc) is 3.23. The van der Waals surface area contributed by atoms with E-state index >= 15 is 0 Å². The zero-order valence-corrected chi connectivity index (χ0v) is 12.0. The molecule has 1 N–H and O–H groups in total. The van der Waals surface area contributed by atoms with Crippen molar-refractivity contribution in [2.24, 2.45) is 5.92 Å². The van der Waals surface area contributed by atoms with Gasteiger partial charge in [0.2, 0.25) is 5.91 Å². The minimum absolute atomic E-state index is 0.0544. The smallest absolute Gasteiger partial charge is 0.309 e. The summed E-state index contributed by atoms with van der Waals surface area (Å²) in [5, 5.41) is 9.48. The van der Waals surface area contributed by atoms with Gasteiger partial charge >= 0.3 is 5.97 Å². The lowest BCUT2D eigenvalue weighted by Crippen LogP contribution is -2.32. The van der Waals surface area contributed by atoms with E-state index in [1.807, 2.05) is 31.2 Å². The van der Waals surface area contributed by atoms with Crippen LogP contribution in [0.25, 0.3) is 0 Å². The predicted octanol–water partition coefficient (Wildman–Crippen LogP) is 2.22. The van der Waals surface area contributed by atoms with Gasteiger partial charge in [-0.25, -0.2) is 0 Å². The Morgan fingerprint density at radius 3 is 2.71 bits per heavy atom. The van der Waals surface area contributed by atoms with Crippen molar-refractivity contribution in [3.05, 3.63) is 29.8 Å². The number of benzene rings is 1. The summed E-state index contributed by atoms with van der Waals surface area (Å²) in [7, 11) is 0. The van der Waals surface area contributed by atoms with E-state index in [2.05, 4.69) is 0 Å². The predicted molar refractivity (Wildman–Crippen MR) is 76.0 cm³/mol. The highest BCUT2D eigenvalue weighted by molar-refractivity contribution is 5.88. The van der Waals surface area contributed by atoms with E-state index in [4.69, 9.17) is 4.74 Å². The van der Waals surface area contributed by atoms with Crippen molar-refractivity contribution in [2.45, 2.75) is 38.3 Å². The molecular weight excluding hydrogens is 270 g/mol. The molecule has 5 heteroatoms. The second kappa shape index (κ2) is 5.39. The third-order valence-corrected chi connectivity index (χ3v) is 4.16. The Bertz CT molecular complexity index is 567. The molecule has 5 nitrogen and oxygen atoms in total. The highest BCUT2D eigenvalue weighted by atomic mass is 16.5. The normalized spacial score (nSPS) is 25.2. The number of carbonyl (C=O) groups is 2. The summed E-state index contributed by atoms with van der Waals surface area (Å²) in [6, 6.07) is 7.23. The maximum absolute atomic E-state index is 12.2. The quantitative estimate of drug-likeness (QED) is 0.902. The maximum atomic E-state index is 12.2. The van der Waals surface area contributed by atoms with Crippen molar-refractivity contribution in [1.29, 1.82) is 0 Å². The summed E-state index contributed by atoms with van der Waals surface area (Å²) in [4.78, 5) is 25.6. The van der Waals surface area contributed by atoms with E-state index in [0.29, 0.717) is 12.4 Å². The van der Waals surface area contributed by atoms with Crippen LogP contribution in [-0.4, -0.2) is 34.5 Å². The summed E-state index contributed by atoms with van der Waals surface area (Å²) < 4.78 is 5.63. The number of carbonyl (C=O) groups excluding carboxylic acids is 1. The number of likely N-dealkylation sites (tertiary alicyclic amines) is 1. The second-order valence-electron chi connectivity index (χ2n) is 5.60.